The highest BCUT2D eigenvalue weighted by Crippen LogP contribution is 2.32. The van der Waals surface area contributed by atoms with E-state index in [9.17, 15) is 4.39 Å². The van der Waals surface area contributed by atoms with Crippen LogP contribution in [0.15, 0.2) is 46.9 Å². The van der Waals surface area contributed by atoms with Crippen molar-refractivity contribution in [2.45, 2.75) is 6.92 Å². The topological polar surface area (TPSA) is 27.0 Å². The summed E-state index contributed by atoms with van der Waals surface area (Å²) in [6.45, 7) is 2.70. The van der Waals surface area contributed by atoms with Crippen LogP contribution in [0.4, 0.5) is 15.8 Å². The highest BCUT2D eigenvalue weighted by molar-refractivity contribution is 9.10. The van der Waals surface area contributed by atoms with Crippen LogP contribution in [0.25, 0.3) is 0 Å². The van der Waals surface area contributed by atoms with E-state index in [1.54, 1.807) is 18.2 Å². The van der Waals surface area contributed by atoms with E-state index in [0.29, 0.717) is 12.1 Å². The van der Waals surface area contributed by atoms with Crippen molar-refractivity contribution < 1.29 is 4.39 Å². The smallest absolute Gasteiger partial charge is 0.125 e. The van der Waals surface area contributed by atoms with Crippen LogP contribution in [0, 0.1) is 17.1 Å². The third-order valence-electron chi connectivity index (χ3n) is 2.80. The molecule has 0 aliphatic carbocycles. The molecule has 2 rings (SSSR count). The summed E-state index contributed by atoms with van der Waals surface area (Å²) in [5.74, 6) is -0.263. The maximum atomic E-state index is 13.3. The van der Waals surface area contributed by atoms with Crippen LogP contribution in [0.1, 0.15) is 12.5 Å². The van der Waals surface area contributed by atoms with Crippen LogP contribution < -0.4 is 4.90 Å². The van der Waals surface area contributed by atoms with Crippen molar-refractivity contribution in [2.24, 2.45) is 0 Å². The second kappa shape index (κ2) is 5.85. The van der Waals surface area contributed by atoms with Gasteiger partial charge in [0.25, 0.3) is 0 Å². The first-order valence-electron chi connectivity index (χ1n) is 5.88. The van der Waals surface area contributed by atoms with Gasteiger partial charge in [0.2, 0.25) is 0 Å². The number of halogens is 2. The van der Waals surface area contributed by atoms with E-state index in [1.807, 2.05) is 24.0 Å². The average Bonchev–Trinajstić information content (AvgIpc) is 2.41. The Labute approximate surface area is 120 Å². The number of nitrogens with zero attached hydrogens (tertiary/aromatic N) is 2. The van der Waals surface area contributed by atoms with Crippen molar-refractivity contribution in [3.63, 3.8) is 0 Å². The zero-order chi connectivity index (χ0) is 13.8. The summed E-state index contributed by atoms with van der Waals surface area (Å²) in [5.41, 5.74) is 2.28. The lowest BCUT2D eigenvalue weighted by molar-refractivity contribution is 0.627. The van der Waals surface area contributed by atoms with Crippen LogP contribution in [-0.4, -0.2) is 6.54 Å². The largest absolute Gasteiger partial charge is 0.341 e. The Balaban J connectivity index is 2.46. The van der Waals surface area contributed by atoms with E-state index < -0.39 is 0 Å². The van der Waals surface area contributed by atoms with Crippen molar-refractivity contribution in [2.75, 3.05) is 11.4 Å². The fraction of sp³-hybridized carbons (Fsp3) is 0.133. The molecule has 0 fully saturated rings. The van der Waals surface area contributed by atoms with E-state index in [2.05, 4.69) is 22.0 Å². The lowest BCUT2D eigenvalue weighted by atomic mass is 10.2. The summed E-state index contributed by atoms with van der Waals surface area (Å²) < 4.78 is 14.1. The Morgan fingerprint density at radius 2 is 2.05 bits per heavy atom. The van der Waals surface area contributed by atoms with Crippen LogP contribution in [0.5, 0.6) is 0 Å². The van der Waals surface area contributed by atoms with Gasteiger partial charge in [-0.2, -0.15) is 5.26 Å². The minimum atomic E-state index is -0.263. The molecule has 0 aromatic heterocycles. The molecule has 0 radical (unpaired) electrons. The van der Waals surface area contributed by atoms with Gasteiger partial charge in [0.15, 0.2) is 0 Å². The van der Waals surface area contributed by atoms with Gasteiger partial charge in [-0.1, -0.05) is 6.07 Å². The van der Waals surface area contributed by atoms with Crippen LogP contribution in [-0.2, 0) is 0 Å². The first-order chi connectivity index (χ1) is 9.15. The molecule has 4 heteroatoms. The molecule has 2 nitrogen and oxygen atoms in total. The maximum Gasteiger partial charge on any atom is 0.125 e. The van der Waals surface area contributed by atoms with Crippen molar-refractivity contribution in [3.8, 4) is 6.07 Å². The van der Waals surface area contributed by atoms with Gasteiger partial charge in [0.1, 0.15) is 5.82 Å². The molecule has 0 heterocycles. The number of nitriles is 1. The van der Waals surface area contributed by atoms with Crippen molar-refractivity contribution >= 4 is 27.3 Å². The number of hydrogen-bond acceptors (Lipinski definition) is 2. The predicted molar refractivity (Wildman–Crippen MR) is 77.9 cm³/mol. The van der Waals surface area contributed by atoms with Crippen molar-refractivity contribution in [1.82, 2.24) is 0 Å². The van der Waals surface area contributed by atoms with Gasteiger partial charge >= 0.3 is 0 Å². The van der Waals surface area contributed by atoms with E-state index in [1.165, 1.54) is 12.1 Å². The summed E-state index contributed by atoms with van der Waals surface area (Å²) in [6, 6.07) is 13.9. The molecule has 2 aromatic carbocycles. The van der Waals surface area contributed by atoms with Gasteiger partial charge < -0.3 is 4.90 Å². The molecule has 0 amide bonds. The van der Waals surface area contributed by atoms with E-state index in [4.69, 9.17) is 5.26 Å². The molecule has 0 bridgehead atoms. The van der Waals surface area contributed by atoms with Gasteiger partial charge in [-0.15, -0.1) is 0 Å². The highest BCUT2D eigenvalue weighted by Gasteiger charge is 2.11. The summed E-state index contributed by atoms with van der Waals surface area (Å²) >= 11 is 3.46. The molecular weight excluding hydrogens is 307 g/mol. The second-order valence-corrected chi connectivity index (χ2v) is 4.86. The molecule has 0 aliphatic heterocycles. The summed E-state index contributed by atoms with van der Waals surface area (Å²) in [5, 5.41) is 8.87. The lowest BCUT2D eigenvalue weighted by Gasteiger charge is -2.24. The van der Waals surface area contributed by atoms with Gasteiger partial charge in [-0.3, -0.25) is 0 Å². The molecule has 0 N–H and O–H groups in total. The third kappa shape index (κ3) is 2.94. The van der Waals surface area contributed by atoms with Gasteiger partial charge in [-0.25, -0.2) is 4.39 Å². The molecule has 0 atom stereocenters. The Hall–Kier alpha value is -1.86. The minimum Gasteiger partial charge on any atom is -0.341 e. The van der Waals surface area contributed by atoms with Crippen LogP contribution in [0.2, 0.25) is 0 Å². The quantitative estimate of drug-likeness (QED) is 0.825. The zero-order valence-electron chi connectivity index (χ0n) is 10.4. The Morgan fingerprint density at radius 1 is 1.26 bits per heavy atom. The highest BCUT2D eigenvalue weighted by atomic mass is 79.9. The molecule has 0 aliphatic rings. The fourth-order valence-corrected chi connectivity index (χ4v) is 2.52. The van der Waals surface area contributed by atoms with Crippen LogP contribution in [0.3, 0.4) is 0 Å². The van der Waals surface area contributed by atoms with Gasteiger partial charge in [-0.05, 0) is 59.3 Å². The van der Waals surface area contributed by atoms with E-state index in [-0.39, 0.29) is 5.82 Å². The normalized spacial score (nSPS) is 10.0. The first-order valence-corrected chi connectivity index (χ1v) is 6.67. The molecule has 0 unspecified atom stereocenters. The molecule has 0 saturated heterocycles. The van der Waals surface area contributed by atoms with Crippen LogP contribution >= 0.6 is 15.9 Å². The minimum absolute atomic E-state index is 0.263. The monoisotopic (exact) mass is 318 g/mol. The predicted octanol–water partition coefficient (Wildman–Crippen LogP) is 4.62. The van der Waals surface area contributed by atoms with Crippen molar-refractivity contribution in [3.05, 3.63) is 58.3 Å². The molecule has 2 aromatic rings. The fourth-order valence-electron chi connectivity index (χ4n) is 1.93. The van der Waals surface area contributed by atoms with E-state index >= 15 is 0 Å². The summed E-state index contributed by atoms with van der Waals surface area (Å²) in [7, 11) is 0. The second-order valence-electron chi connectivity index (χ2n) is 4.00. The number of benzene rings is 2. The zero-order valence-corrected chi connectivity index (χ0v) is 12.0. The summed E-state index contributed by atoms with van der Waals surface area (Å²) in [4.78, 5) is 1.98. The Morgan fingerprint density at radius 3 is 2.63 bits per heavy atom. The molecule has 96 valence electrons. The maximum absolute atomic E-state index is 13.3. The number of rotatable bonds is 3. The van der Waals surface area contributed by atoms with Gasteiger partial charge in [0, 0.05) is 16.7 Å². The van der Waals surface area contributed by atoms with Crippen molar-refractivity contribution in [1.29, 1.82) is 5.26 Å². The third-order valence-corrected chi connectivity index (χ3v) is 3.44. The average molecular weight is 319 g/mol. The lowest BCUT2D eigenvalue weighted by Crippen LogP contribution is -2.16. The molecular formula is C15H12BrFN2. The summed E-state index contributed by atoms with van der Waals surface area (Å²) in [6.07, 6.45) is 0. The Bertz CT molecular complexity index is 634. The molecule has 19 heavy (non-hydrogen) atoms. The standard InChI is InChI=1S/C15H12BrFN2/c1-2-19(13-5-3-4-12(17)9-13)15-7-6-11(10-18)8-14(15)16/h3-9H,2H2,1H3. The number of hydrogen-bond donors (Lipinski definition) is 0. The SMILES string of the molecule is CCN(c1cccc(F)c1)c1ccc(C#N)cc1Br. The van der Waals surface area contributed by atoms with Gasteiger partial charge in [0.05, 0.1) is 17.3 Å². The van der Waals surface area contributed by atoms with E-state index in [0.717, 1.165) is 15.8 Å². The molecule has 0 saturated carbocycles. The molecule has 0 spiro atoms. The number of anilines is 2. The first kappa shape index (κ1) is 13.6. The Kier molecular flexibility index (Phi) is 4.18.